The molecule has 5 nitrogen and oxygen atoms in total. The van der Waals surface area contributed by atoms with E-state index in [9.17, 15) is 14.4 Å². The third-order valence-electron chi connectivity index (χ3n) is 2.72. The summed E-state index contributed by atoms with van der Waals surface area (Å²) in [5, 5.41) is 0.459. The standard InChI is InChI=1S/C11H12N2O3S/c1-5-4-8-9(17-5)12-11(16)13(10(8)15)6(2)7(3)14/h4,6H,1-3H3,(H,12,16). The van der Waals surface area contributed by atoms with Gasteiger partial charge in [-0.25, -0.2) is 9.36 Å². The first-order chi connectivity index (χ1) is 7.91. The molecule has 2 heterocycles. The number of nitrogens with one attached hydrogen (secondary N) is 1. The third kappa shape index (κ3) is 1.84. The van der Waals surface area contributed by atoms with Crippen LogP contribution in [0.1, 0.15) is 24.8 Å². The quantitative estimate of drug-likeness (QED) is 0.873. The molecule has 2 rings (SSSR count). The number of thiophene rings is 1. The third-order valence-corrected chi connectivity index (χ3v) is 3.69. The Morgan fingerprint density at radius 2 is 2.12 bits per heavy atom. The zero-order valence-corrected chi connectivity index (χ0v) is 10.6. The van der Waals surface area contributed by atoms with Crippen LogP contribution in [0.15, 0.2) is 15.7 Å². The summed E-state index contributed by atoms with van der Waals surface area (Å²) in [6, 6.07) is 0.984. The minimum atomic E-state index is -0.740. The molecule has 0 saturated carbocycles. The van der Waals surface area contributed by atoms with Gasteiger partial charge in [0.2, 0.25) is 0 Å². The average Bonchev–Trinajstić information content (AvgIpc) is 2.58. The van der Waals surface area contributed by atoms with Gasteiger partial charge in [0, 0.05) is 4.88 Å². The number of ketones is 1. The second-order valence-electron chi connectivity index (χ2n) is 3.99. The number of aromatic amines is 1. The number of fused-ring (bicyclic) bond motifs is 1. The van der Waals surface area contributed by atoms with E-state index >= 15 is 0 Å². The number of H-pyrrole nitrogens is 1. The largest absolute Gasteiger partial charge is 0.330 e. The summed E-state index contributed by atoms with van der Waals surface area (Å²) in [6.07, 6.45) is 0. The molecule has 2 aromatic rings. The van der Waals surface area contributed by atoms with Gasteiger partial charge in [-0.05, 0) is 26.8 Å². The summed E-state index contributed by atoms with van der Waals surface area (Å²) in [5.41, 5.74) is -0.942. The van der Waals surface area contributed by atoms with Crippen LogP contribution in [0.5, 0.6) is 0 Å². The normalized spacial score (nSPS) is 12.9. The van der Waals surface area contributed by atoms with E-state index in [0.717, 1.165) is 9.44 Å². The van der Waals surface area contributed by atoms with E-state index in [-0.39, 0.29) is 5.78 Å². The van der Waals surface area contributed by atoms with Crippen molar-refractivity contribution >= 4 is 27.3 Å². The van der Waals surface area contributed by atoms with Gasteiger partial charge in [-0.3, -0.25) is 14.6 Å². The summed E-state index contributed by atoms with van der Waals surface area (Å²) in [7, 11) is 0. The molecule has 1 unspecified atom stereocenters. The molecule has 1 atom stereocenters. The molecule has 0 aliphatic heterocycles. The van der Waals surface area contributed by atoms with E-state index in [2.05, 4.69) is 4.98 Å². The first-order valence-electron chi connectivity index (χ1n) is 5.17. The van der Waals surface area contributed by atoms with Crippen LogP contribution in [0, 0.1) is 6.92 Å². The van der Waals surface area contributed by atoms with Gasteiger partial charge in [0.1, 0.15) is 4.83 Å². The molecule has 2 aromatic heterocycles. The first kappa shape index (κ1) is 11.8. The van der Waals surface area contributed by atoms with Crippen LogP contribution in [-0.4, -0.2) is 15.3 Å². The van der Waals surface area contributed by atoms with Crippen molar-refractivity contribution in [3.63, 3.8) is 0 Å². The van der Waals surface area contributed by atoms with Crippen molar-refractivity contribution in [2.45, 2.75) is 26.8 Å². The van der Waals surface area contributed by atoms with Crippen molar-refractivity contribution in [1.82, 2.24) is 9.55 Å². The SMILES string of the molecule is CC(=O)C(C)n1c(=O)[nH]c2sc(C)cc2c1=O. The zero-order chi connectivity index (χ0) is 12.7. The van der Waals surface area contributed by atoms with Gasteiger partial charge in [0.05, 0.1) is 11.4 Å². The Balaban J connectivity index is 2.85. The number of nitrogens with zero attached hydrogens (tertiary/aromatic N) is 1. The highest BCUT2D eigenvalue weighted by Gasteiger charge is 2.17. The van der Waals surface area contributed by atoms with Gasteiger partial charge in [0.15, 0.2) is 5.78 Å². The predicted octanol–water partition coefficient (Wildman–Crippen LogP) is 1.21. The molecular formula is C11H12N2O3S. The number of carbonyl (C=O) groups is 1. The minimum Gasteiger partial charge on any atom is -0.298 e. The van der Waals surface area contributed by atoms with Crippen LogP contribution in [0.2, 0.25) is 0 Å². The Morgan fingerprint density at radius 1 is 1.47 bits per heavy atom. The number of hydrogen-bond donors (Lipinski definition) is 1. The highest BCUT2D eigenvalue weighted by molar-refractivity contribution is 7.18. The van der Waals surface area contributed by atoms with Crippen LogP contribution in [0.25, 0.3) is 10.2 Å². The van der Waals surface area contributed by atoms with Crippen molar-refractivity contribution in [2.75, 3.05) is 0 Å². The monoisotopic (exact) mass is 252 g/mol. The molecule has 0 bridgehead atoms. The summed E-state index contributed by atoms with van der Waals surface area (Å²) in [5.74, 6) is -0.219. The second kappa shape index (κ2) is 3.96. The Labute approximate surface area is 101 Å². The highest BCUT2D eigenvalue weighted by Crippen LogP contribution is 2.19. The molecular weight excluding hydrogens is 240 g/mol. The van der Waals surface area contributed by atoms with E-state index < -0.39 is 17.3 Å². The Hall–Kier alpha value is -1.69. The first-order valence-corrected chi connectivity index (χ1v) is 5.99. The molecule has 0 spiro atoms. The lowest BCUT2D eigenvalue weighted by atomic mass is 10.2. The average molecular weight is 252 g/mol. The molecule has 17 heavy (non-hydrogen) atoms. The van der Waals surface area contributed by atoms with Gasteiger partial charge in [-0.15, -0.1) is 11.3 Å². The van der Waals surface area contributed by atoms with Crippen LogP contribution < -0.4 is 11.2 Å². The number of aromatic nitrogens is 2. The topological polar surface area (TPSA) is 71.9 Å². The molecule has 0 amide bonds. The number of carbonyl (C=O) groups excluding carboxylic acids is 1. The summed E-state index contributed by atoms with van der Waals surface area (Å²) in [4.78, 5) is 39.3. The van der Waals surface area contributed by atoms with Gasteiger partial charge in [-0.1, -0.05) is 0 Å². The lowest BCUT2D eigenvalue weighted by molar-refractivity contribution is -0.119. The Bertz CT molecular complexity index is 708. The van der Waals surface area contributed by atoms with Crippen LogP contribution in [-0.2, 0) is 4.79 Å². The maximum atomic E-state index is 12.1. The molecule has 0 aromatic carbocycles. The van der Waals surface area contributed by atoms with Crippen molar-refractivity contribution < 1.29 is 4.79 Å². The Kier molecular flexibility index (Phi) is 2.74. The van der Waals surface area contributed by atoms with Crippen LogP contribution >= 0.6 is 11.3 Å². The fourth-order valence-corrected chi connectivity index (χ4v) is 2.57. The van der Waals surface area contributed by atoms with E-state index in [1.54, 1.807) is 13.0 Å². The fraction of sp³-hybridized carbons (Fsp3) is 0.364. The van der Waals surface area contributed by atoms with Crippen molar-refractivity contribution in [3.05, 3.63) is 31.8 Å². The molecule has 0 saturated heterocycles. The molecule has 0 aliphatic rings. The van der Waals surface area contributed by atoms with E-state index in [4.69, 9.17) is 0 Å². The molecule has 6 heteroatoms. The summed E-state index contributed by atoms with van der Waals surface area (Å²) >= 11 is 1.36. The molecule has 1 N–H and O–H groups in total. The second-order valence-corrected chi connectivity index (χ2v) is 5.25. The number of aryl methyl sites for hydroxylation is 1. The van der Waals surface area contributed by atoms with E-state index in [0.29, 0.717) is 10.2 Å². The van der Waals surface area contributed by atoms with Crippen LogP contribution in [0.3, 0.4) is 0 Å². The highest BCUT2D eigenvalue weighted by atomic mass is 32.1. The number of rotatable bonds is 2. The van der Waals surface area contributed by atoms with E-state index in [1.165, 1.54) is 18.3 Å². The zero-order valence-electron chi connectivity index (χ0n) is 9.73. The van der Waals surface area contributed by atoms with Crippen molar-refractivity contribution in [2.24, 2.45) is 0 Å². The number of Topliss-reactive ketones (excluding diaryl/α,β-unsaturated/α-hetero) is 1. The van der Waals surface area contributed by atoms with Gasteiger partial charge < -0.3 is 0 Å². The maximum absolute atomic E-state index is 12.1. The molecule has 0 radical (unpaired) electrons. The van der Waals surface area contributed by atoms with Gasteiger partial charge in [0.25, 0.3) is 5.56 Å². The Morgan fingerprint density at radius 3 is 2.71 bits per heavy atom. The molecule has 90 valence electrons. The predicted molar refractivity (Wildman–Crippen MR) is 66.8 cm³/mol. The summed E-state index contributed by atoms with van der Waals surface area (Å²) in [6.45, 7) is 4.77. The smallest absolute Gasteiger partial charge is 0.298 e. The maximum Gasteiger partial charge on any atom is 0.330 e. The van der Waals surface area contributed by atoms with E-state index in [1.807, 2.05) is 6.92 Å². The summed E-state index contributed by atoms with van der Waals surface area (Å²) < 4.78 is 0.969. The van der Waals surface area contributed by atoms with Crippen molar-refractivity contribution in [3.8, 4) is 0 Å². The molecule has 0 fully saturated rings. The van der Waals surface area contributed by atoms with Crippen LogP contribution in [0.4, 0.5) is 0 Å². The molecule has 0 aliphatic carbocycles. The lowest BCUT2D eigenvalue weighted by Gasteiger charge is -2.09. The van der Waals surface area contributed by atoms with Crippen molar-refractivity contribution in [1.29, 1.82) is 0 Å². The number of hydrogen-bond acceptors (Lipinski definition) is 4. The van der Waals surface area contributed by atoms with Gasteiger partial charge in [-0.2, -0.15) is 0 Å². The lowest BCUT2D eigenvalue weighted by Crippen LogP contribution is -2.38. The van der Waals surface area contributed by atoms with Gasteiger partial charge >= 0.3 is 5.69 Å². The minimum absolute atomic E-state index is 0.219. The fourth-order valence-electron chi connectivity index (χ4n) is 1.68.